The van der Waals surface area contributed by atoms with Gasteiger partial charge in [-0.1, -0.05) is 74.9 Å². The number of ether oxygens (including phenoxy) is 1. The van der Waals surface area contributed by atoms with Crippen LogP contribution in [0.5, 0.6) is 0 Å². The molecule has 2 aliphatic rings. The van der Waals surface area contributed by atoms with Gasteiger partial charge in [-0.2, -0.15) is 0 Å². The fourth-order valence-electron chi connectivity index (χ4n) is 5.60. The molecular formula is C37H50N2O4. The fraction of sp³-hybridized carbons (Fsp3) is 0.459. The number of unbranched alkanes of at least 4 members (excludes halogenated alkanes) is 1. The maximum Gasteiger partial charge on any atom is 0.334 e. The minimum Gasteiger partial charge on any atom is -0.454 e. The lowest BCUT2D eigenvalue weighted by Crippen LogP contribution is -2.30. The Morgan fingerprint density at radius 1 is 1.16 bits per heavy atom. The molecule has 1 atom stereocenters. The second-order valence-electron chi connectivity index (χ2n) is 11.3. The summed E-state index contributed by atoms with van der Waals surface area (Å²) in [6.45, 7) is 9.46. The van der Waals surface area contributed by atoms with Gasteiger partial charge in [0, 0.05) is 43.2 Å². The van der Waals surface area contributed by atoms with Crippen LogP contribution >= 0.6 is 0 Å². The molecule has 1 aromatic carbocycles. The van der Waals surface area contributed by atoms with Crippen LogP contribution in [0.1, 0.15) is 82.3 Å². The summed E-state index contributed by atoms with van der Waals surface area (Å²) >= 11 is 0. The van der Waals surface area contributed by atoms with Crippen LogP contribution in [-0.2, 0) is 9.53 Å². The van der Waals surface area contributed by atoms with E-state index in [0.717, 1.165) is 49.2 Å². The zero-order valence-corrected chi connectivity index (χ0v) is 26.3. The molecule has 0 unspecified atom stereocenters. The summed E-state index contributed by atoms with van der Waals surface area (Å²) < 4.78 is 5.25. The van der Waals surface area contributed by atoms with Crippen LogP contribution in [0.15, 0.2) is 94.7 Å². The maximum atomic E-state index is 12.6. The van der Waals surface area contributed by atoms with E-state index in [1.165, 1.54) is 36.0 Å². The van der Waals surface area contributed by atoms with E-state index in [2.05, 4.69) is 85.0 Å². The van der Waals surface area contributed by atoms with E-state index < -0.39 is 25.3 Å². The summed E-state index contributed by atoms with van der Waals surface area (Å²) in [5.74, 6) is 0.0896. The molecule has 0 fully saturated rings. The average molecular weight is 587 g/mol. The molecule has 0 saturated carbocycles. The normalized spacial score (nSPS) is 18.7. The molecule has 0 aromatic heterocycles. The van der Waals surface area contributed by atoms with Gasteiger partial charge < -0.3 is 19.8 Å². The Balaban J connectivity index is 1.81. The number of allylic oxidation sites excluding steroid dienone is 7. The van der Waals surface area contributed by atoms with E-state index in [1.807, 2.05) is 12.3 Å². The highest BCUT2D eigenvalue weighted by Gasteiger charge is 2.23. The number of aliphatic hydroxyl groups is 2. The molecule has 1 aliphatic carbocycles. The summed E-state index contributed by atoms with van der Waals surface area (Å²) in [6, 6.07) is 9.12. The first kappa shape index (κ1) is 34.0. The molecule has 0 saturated heterocycles. The molecule has 2 N–H and O–H groups in total. The van der Waals surface area contributed by atoms with Crippen LogP contribution in [-0.4, -0.2) is 66.8 Å². The number of carbonyl (C=O) groups excluding carboxylic acids is 1. The summed E-state index contributed by atoms with van der Waals surface area (Å²) in [6.07, 6.45) is 21.4. The number of aliphatic hydroxyl groups excluding tert-OH is 2. The van der Waals surface area contributed by atoms with E-state index in [-0.39, 0.29) is 0 Å². The SMILES string of the molecule is C=C1CC=C(c2ccc([C@@H](C/C=C/C)CCCC)cc2)C=C1/C(=C\C=NC)N1CC/C=C(\C(=O)OC(CO)CO)CCC1. The smallest absolute Gasteiger partial charge is 0.334 e. The number of aliphatic imine (C=N–C) groups is 1. The lowest BCUT2D eigenvalue weighted by molar-refractivity contribution is -0.148. The van der Waals surface area contributed by atoms with Gasteiger partial charge in [0.25, 0.3) is 0 Å². The number of nitrogens with zero attached hydrogens (tertiary/aromatic N) is 2. The number of rotatable bonds is 14. The molecule has 232 valence electrons. The second kappa shape index (κ2) is 18.2. The lowest BCUT2D eigenvalue weighted by Gasteiger charge is -2.32. The summed E-state index contributed by atoms with van der Waals surface area (Å²) in [5.41, 5.74) is 7.69. The van der Waals surface area contributed by atoms with Gasteiger partial charge in [-0.3, -0.25) is 4.99 Å². The monoisotopic (exact) mass is 586 g/mol. The van der Waals surface area contributed by atoms with Gasteiger partial charge in [0.05, 0.1) is 13.2 Å². The zero-order chi connectivity index (χ0) is 31.0. The van der Waals surface area contributed by atoms with Gasteiger partial charge in [0.2, 0.25) is 0 Å². The highest BCUT2D eigenvalue weighted by atomic mass is 16.6. The lowest BCUT2D eigenvalue weighted by atomic mass is 9.86. The standard InChI is InChI=1S/C37H50N2O4/c1-5-7-11-29(12-8-6-2)30-17-19-31(20-18-30)33-16-15-28(3)35(25-33)36(21-22-38-4)39-23-9-13-32(14-10-24-39)37(42)43-34(26-40)27-41/h5,7,13,16-22,25,29,34,40-41H,3,6,8-12,14-15,23-24,26-27H2,1-2,4H3/b7-5+,32-13-,36-21+,38-22?/t29-/m0/s1. The summed E-state index contributed by atoms with van der Waals surface area (Å²) in [7, 11) is 1.77. The van der Waals surface area contributed by atoms with E-state index in [9.17, 15) is 15.0 Å². The number of carbonyl (C=O) groups is 1. The number of esters is 1. The molecule has 6 nitrogen and oxygen atoms in total. The van der Waals surface area contributed by atoms with Crippen molar-refractivity contribution in [3.05, 3.63) is 101 Å². The van der Waals surface area contributed by atoms with Crippen molar-refractivity contribution in [2.75, 3.05) is 33.4 Å². The predicted octanol–water partition coefficient (Wildman–Crippen LogP) is 7.09. The third-order valence-electron chi connectivity index (χ3n) is 8.13. The van der Waals surface area contributed by atoms with Crippen molar-refractivity contribution in [2.24, 2.45) is 4.99 Å². The third kappa shape index (κ3) is 10.0. The Morgan fingerprint density at radius 2 is 1.93 bits per heavy atom. The second-order valence-corrected chi connectivity index (χ2v) is 11.3. The minimum atomic E-state index is -0.887. The van der Waals surface area contributed by atoms with Gasteiger partial charge in [-0.25, -0.2) is 4.79 Å². The molecule has 3 rings (SSSR count). The quantitative estimate of drug-likeness (QED) is 0.138. The first-order chi connectivity index (χ1) is 20.9. The minimum absolute atomic E-state index is 0.397. The van der Waals surface area contributed by atoms with Crippen LogP contribution in [0, 0.1) is 0 Å². The van der Waals surface area contributed by atoms with E-state index in [0.29, 0.717) is 24.3 Å². The molecule has 1 aliphatic heterocycles. The van der Waals surface area contributed by atoms with Gasteiger partial charge in [-0.15, -0.1) is 0 Å². The molecule has 43 heavy (non-hydrogen) atoms. The molecule has 0 amide bonds. The highest BCUT2D eigenvalue weighted by molar-refractivity contribution is 5.88. The van der Waals surface area contributed by atoms with Crippen LogP contribution in [0.4, 0.5) is 0 Å². The van der Waals surface area contributed by atoms with E-state index in [1.54, 1.807) is 7.05 Å². The number of hydrogen-bond donors (Lipinski definition) is 2. The maximum absolute atomic E-state index is 12.6. The largest absolute Gasteiger partial charge is 0.454 e. The van der Waals surface area contributed by atoms with Crippen molar-refractivity contribution < 1.29 is 19.7 Å². The molecule has 0 bridgehead atoms. The summed E-state index contributed by atoms with van der Waals surface area (Å²) in [5, 5.41) is 18.5. The van der Waals surface area contributed by atoms with Crippen molar-refractivity contribution in [1.29, 1.82) is 0 Å². The van der Waals surface area contributed by atoms with Gasteiger partial charge in [-0.05, 0) is 85.8 Å². The Bertz CT molecular complexity index is 1250. The van der Waals surface area contributed by atoms with Gasteiger partial charge in [0.1, 0.15) is 6.10 Å². The van der Waals surface area contributed by atoms with Crippen molar-refractivity contribution in [3.8, 4) is 0 Å². The van der Waals surface area contributed by atoms with Crippen molar-refractivity contribution in [2.45, 2.75) is 77.2 Å². The number of hydrogen-bond acceptors (Lipinski definition) is 6. The third-order valence-corrected chi connectivity index (χ3v) is 8.13. The molecule has 1 heterocycles. The molecule has 0 radical (unpaired) electrons. The molecule has 1 aromatic rings. The van der Waals surface area contributed by atoms with Crippen molar-refractivity contribution in [3.63, 3.8) is 0 Å². The molecule has 0 spiro atoms. The topological polar surface area (TPSA) is 82.4 Å². The average Bonchev–Trinajstić information content (AvgIpc) is 3.01. The first-order valence-corrected chi connectivity index (χ1v) is 15.8. The van der Waals surface area contributed by atoms with Crippen LogP contribution in [0.2, 0.25) is 0 Å². The highest BCUT2D eigenvalue weighted by Crippen LogP contribution is 2.35. The Labute approximate surface area is 258 Å². The Morgan fingerprint density at radius 3 is 2.60 bits per heavy atom. The molecule has 6 heteroatoms. The van der Waals surface area contributed by atoms with Crippen LogP contribution in [0.25, 0.3) is 5.57 Å². The first-order valence-electron chi connectivity index (χ1n) is 15.8. The van der Waals surface area contributed by atoms with E-state index in [4.69, 9.17) is 4.74 Å². The van der Waals surface area contributed by atoms with Gasteiger partial charge >= 0.3 is 5.97 Å². The van der Waals surface area contributed by atoms with Crippen molar-refractivity contribution in [1.82, 2.24) is 4.90 Å². The Hall–Kier alpha value is -3.48. The van der Waals surface area contributed by atoms with Crippen molar-refractivity contribution >= 4 is 17.8 Å². The summed E-state index contributed by atoms with van der Waals surface area (Å²) in [4.78, 5) is 19.2. The van der Waals surface area contributed by atoms with Crippen LogP contribution in [0.3, 0.4) is 0 Å². The van der Waals surface area contributed by atoms with Gasteiger partial charge in [0.15, 0.2) is 0 Å². The fourth-order valence-corrected chi connectivity index (χ4v) is 5.60. The number of benzene rings is 1. The zero-order valence-electron chi connectivity index (χ0n) is 26.3. The Kier molecular flexibility index (Phi) is 14.4. The van der Waals surface area contributed by atoms with E-state index >= 15 is 0 Å². The van der Waals surface area contributed by atoms with Crippen LogP contribution < -0.4 is 0 Å². The predicted molar refractivity (Wildman–Crippen MR) is 178 cm³/mol. The molecular weight excluding hydrogens is 536 g/mol.